The van der Waals surface area contributed by atoms with Crippen LogP contribution in [0.1, 0.15) is 29.3 Å². The van der Waals surface area contributed by atoms with Crippen molar-refractivity contribution in [1.29, 1.82) is 0 Å². The van der Waals surface area contributed by atoms with Crippen LogP contribution in [0.5, 0.6) is 0 Å². The zero-order chi connectivity index (χ0) is 13.1. The van der Waals surface area contributed by atoms with Crippen molar-refractivity contribution in [2.75, 3.05) is 13.1 Å². The normalized spacial score (nSPS) is 23.7. The van der Waals surface area contributed by atoms with E-state index in [0.29, 0.717) is 11.5 Å². The number of hydrogen-bond acceptors (Lipinski definition) is 2. The van der Waals surface area contributed by atoms with E-state index in [1.165, 1.54) is 12.1 Å². The van der Waals surface area contributed by atoms with E-state index in [0.717, 1.165) is 25.1 Å². The van der Waals surface area contributed by atoms with Gasteiger partial charge in [0.1, 0.15) is 5.82 Å². The van der Waals surface area contributed by atoms with E-state index in [2.05, 4.69) is 17.6 Å². The number of amides is 1. The molecule has 1 amide bonds. The second kappa shape index (κ2) is 5.48. The van der Waals surface area contributed by atoms with E-state index in [1.54, 1.807) is 13.0 Å². The topological polar surface area (TPSA) is 41.1 Å². The largest absolute Gasteiger partial charge is 0.349 e. The van der Waals surface area contributed by atoms with E-state index in [9.17, 15) is 9.18 Å². The minimum absolute atomic E-state index is 0.169. The third-order valence-electron chi connectivity index (χ3n) is 3.41. The third kappa shape index (κ3) is 3.07. The number of benzene rings is 1. The fourth-order valence-corrected chi connectivity index (χ4v) is 2.35. The number of aryl methyl sites for hydroxylation is 1. The number of rotatable bonds is 2. The average molecular weight is 250 g/mol. The van der Waals surface area contributed by atoms with Crippen LogP contribution < -0.4 is 10.6 Å². The second-order valence-corrected chi connectivity index (χ2v) is 5.07. The van der Waals surface area contributed by atoms with Gasteiger partial charge in [0.05, 0.1) is 0 Å². The molecule has 0 spiro atoms. The van der Waals surface area contributed by atoms with E-state index < -0.39 is 0 Å². The Labute approximate surface area is 107 Å². The highest BCUT2D eigenvalue weighted by molar-refractivity contribution is 5.94. The van der Waals surface area contributed by atoms with Gasteiger partial charge >= 0.3 is 0 Å². The summed E-state index contributed by atoms with van der Waals surface area (Å²) in [6.07, 6.45) is 0.918. The van der Waals surface area contributed by atoms with Crippen LogP contribution >= 0.6 is 0 Å². The molecule has 18 heavy (non-hydrogen) atoms. The highest BCUT2D eigenvalue weighted by atomic mass is 19.1. The quantitative estimate of drug-likeness (QED) is 0.841. The first-order valence-electron chi connectivity index (χ1n) is 6.35. The zero-order valence-electron chi connectivity index (χ0n) is 10.8. The summed E-state index contributed by atoms with van der Waals surface area (Å²) in [7, 11) is 0. The van der Waals surface area contributed by atoms with Crippen molar-refractivity contribution in [1.82, 2.24) is 10.6 Å². The highest BCUT2D eigenvalue weighted by Gasteiger charge is 2.23. The van der Waals surface area contributed by atoms with E-state index in [1.807, 2.05) is 0 Å². The molecule has 98 valence electrons. The number of piperidine rings is 1. The summed E-state index contributed by atoms with van der Waals surface area (Å²) in [4.78, 5) is 12.1. The van der Waals surface area contributed by atoms with Crippen LogP contribution in [0.15, 0.2) is 18.2 Å². The maximum Gasteiger partial charge on any atom is 0.251 e. The van der Waals surface area contributed by atoms with Crippen LogP contribution in [-0.2, 0) is 0 Å². The van der Waals surface area contributed by atoms with Crippen LogP contribution in [-0.4, -0.2) is 25.0 Å². The van der Waals surface area contributed by atoms with Gasteiger partial charge in [-0.2, -0.15) is 0 Å². The summed E-state index contributed by atoms with van der Waals surface area (Å²) in [6.45, 7) is 5.71. The molecule has 1 fully saturated rings. The molecule has 2 N–H and O–H groups in total. The fraction of sp³-hybridized carbons (Fsp3) is 0.500. The lowest BCUT2D eigenvalue weighted by Gasteiger charge is -2.30. The van der Waals surface area contributed by atoms with Crippen molar-refractivity contribution >= 4 is 5.91 Å². The van der Waals surface area contributed by atoms with Gasteiger partial charge in [0.25, 0.3) is 5.91 Å². The first-order valence-corrected chi connectivity index (χ1v) is 6.35. The smallest absolute Gasteiger partial charge is 0.251 e. The van der Waals surface area contributed by atoms with Crippen molar-refractivity contribution in [3.63, 3.8) is 0 Å². The lowest BCUT2D eigenvalue weighted by molar-refractivity contribution is 0.0913. The standard InChI is InChI=1S/C14H19FN2O/c1-9-5-11(7-12(15)6-9)14(18)17-13-3-4-16-8-10(13)2/h5-7,10,13,16H,3-4,8H2,1-2H3,(H,17,18). The first-order chi connectivity index (χ1) is 8.56. The van der Waals surface area contributed by atoms with E-state index in [4.69, 9.17) is 0 Å². The van der Waals surface area contributed by atoms with Gasteiger partial charge in [-0.05, 0) is 56.1 Å². The van der Waals surface area contributed by atoms with Crippen LogP contribution in [0.4, 0.5) is 4.39 Å². The molecule has 3 nitrogen and oxygen atoms in total. The van der Waals surface area contributed by atoms with E-state index >= 15 is 0 Å². The molecule has 0 aromatic heterocycles. The summed E-state index contributed by atoms with van der Waals surface area (Å²) < 4.78 is 13.3. The molecule has 0 radical (unpaired) electrons. The lowest BCUT2D eigenvalue weighted by Crippen LogP contribution is -2.48. The van der Waals surface area contributed by atoms with Crippen molar-refractivity contribution in [2.45, 2.75) is 26.3 Å². The van der Waals surface area contributed by atoms with Crippen LogP contribution in [0, 0.1) is 18.7 Å². The second-order valence-electron chi connectivity index (χ2n) is 5.07. The van der Waals surface area contributed by atoms with Gasteiger partial charge < -0.3 is 10.6 Å². The predicted octanol–water partition coefficient (Wildman–Crippen LogP) is 1.86. The summed E-state index contributed by atoms with van der Waals surface area (Å²) in [5.74, 6) is -0.146. The SMILES string of the molecule is Cc1cc(F)cc(C(=O)NC2CCNCC2C)c1. The molecular formula is C14H19FN2O. The van der Waals surface area contributed by atoms with Gasteiger partial charge in [0, 0.05) is 11.6 Å². The summed E-state index contributed by atoms with van der Waals surface area (Å²) in [5.41, 5.74) is 1.16. The monoisotopic (exact) mass is 250 g/mol. The molecule has 2 rings (SSSR count). The Morgan fingerprint density at radius 3 is 2.89 bits per heavy atom. The highest BCUT2D eigenvalue weighted by Crippen LogP contribution is 2.13. The molecule has 0 aliphatic carbocycles. The Morgan fingerprint density at radius 2 is 2.22 bits per heavy atom. The zero-order valence-corrected chi connectivity index (χ0v) is 10.8. The Balaban J connectivity index is 2.06. The Bertz CT molecular complexity index is 427. The maximum absolute atomic E-state index is 13.3. The van der Waals surface area contributed by atoms with Crippen molar-refractivity contribution in [3.05, 3.63) is 35.1 Å². The molecule has 4 heteroatoms. The fourth-order valence-electron chi connectivity index (χ4n) is 2.35. The number of carbonyl (C=O) groups is 1. The van der Waals surface area contributed by atoms with Crippen LogP contribution in [0.2, 0.25) is 0 Å². The molecule has 1 heterocycles. The number of carbonyl (C=O) groups excluding carboxylic acids is 1. The van der Waals surface area contributed by atoms with Crippen LogP contribution in [0.25, 0.3) is 0 Å². The molecule has 1 aliphatic heterocycles. The number of nitrogens with one attached hydrogen (secondary N) is 2. The van der Waals surface area contributed by atoms with Gasteiger partial charge in [0.15, 0.2) is 0 Å². The van der Waals surface area contributed by atoms with Gasteiger partial charge in [0.2, 0.25) is 0 Å². The summed E-state index contributed by atoms with van der Waals surface area (Å²) in [5, 5.41) is 6.28. The summed E-state index contributed by atoms with van der Waals surface area (Å²) >= 11 is 0. The molecule has 1 aromatic carbocycles. The first kappa shape index (κ1) is 13.0. The Hall–Kier alpha value is -1.42. The third-order valence-corrected chi connectivity index (χ3v) is 3.41. The average Bonchev–Trinajstić information content (AvgIpc) is 2.31. The minimum Gasteiger partial charge on any atom is -0.349 e. The molecule has 0 bridgehead atoms. The van der Waals surface area contributed by atoms with Gasteiger partial charge in [-0.3, -0.25) is 4.79 Å². The van der Waals surface area contributed by atoms with Crippen molar-refractivity contribution < 1.29 is 9.18 Å². The molecular weight excluding hydrogens is 231 g/mol. The number of halogens is 1. The van der Waals surface area contributed by atoms with Gasteiger partial charge in [-0.25, -0.2) is 4.39 Å². The Morgan fingerprint density at radius 1 is 1.44 bits per heavy atom. The molecule has 1 aromatic rings. The van der Waals surface area contributed by atoms with E-state index in [-0.39, 0.29) is 17.8 Å². The predicted molar refractivity (Wildman–Crippen MR) is 69.0 cm³/mol. The Kier molecular flexibility index (Phi) is 3.97. The molecule has 1 aliphatic rings. The maximum atomic E-state index is 13.3. The number of hydrogen-bond donors (Lipinski definition) is 2. The van der Waals surface area contributed by atoms with Gasteiger partial charge in [-0.15, -0.1) is 0 Å². The molecule has 1 saturated heterocycles. The van der Waals surface area contributed by atoms with Crippen LogP contribution in [0.3, 0.4) is 0 Å². The lowest BCUT2D eigenvalue weighted by atomic mass is 9.95. The summed E-state index contributed by atoms with van der Waals surface area (Å²) in [6, 6.07) is 4.59. The molecule has 0 saturated carbocycles. The minimum atomic E-state index is -0.362. The molecule has 2 unspecified atom stereocenters. The van der Waals surface area contributed by atoms with Crippen molar-refractivity contribution in [2.24, 2.45) is 5.92 Å². The van der Waals surface area contributed by atoms with Crippen molar-refractivity contribution in [3.8, 4) is 0 Å². The molecule has 2 atom stereocenters. The van der Waals surface area contributed by atoms with Gasteiger partial charge in [-0.1, -0.05) is 6.92 Å².